The largest absolute Gasteiger partial charge is 0.348 e. The van der Waals surface area contributed by atoms with Crippen LogP contribution in [0.3, 0.4) is 0 Å². The predicted octanol–water partition coefficient (Wildman–Crippen LogP) is 3.15. The number of hydrogen-bond donors (Lipinski definition) is 2. The summed E-state index contributed by atoms with van der Waals surface area (Å²) in [5, 5.41) is 12.7. The minimum Gasteiger partial charge on any atom is -0.348 e. The van der Waals surface area contributed by atoms with E-state index >= 15 is 0 Å². The van der Waals surface area contributed by atoms with E-state index in [0.29, 0.717) is 6.54 Å². The van der Waals surface area contributed by atoms with E-state index in [0.717, 1.165) is 22.3 Å². The van der Waals surface area contributed by atoms with E-state index in [1.807, 2.05) is 42.9 Å². The summed E-state index contributed by atoms with van der Waals surface area (Å²) in [7, 11) is 1.76. The summed E-state index contributed by atoms with van der Waals surface area (Å²) in [6.07, 6.45) is 1.83. The lowest BCUT2D eigenvalue weighted by atomic mass is 10.1. The molecule has 2 aromatic carbocycles. The fourth-order valence-electron chi connectivity index (χ4n) is 3.01. The predicted molar refractivity (Wildman–Crippen MR) is 104 cm³/mol. The van der Waals surface area contributed by atoms with Crippen molar-refractivity contribution in [3.05, 3.63) is 59.9 Å². The first-order valence-corrected chi connectivity index (χ1v) is 8.08. The quantitative estimate of drug-likeness (QED) is 0.736. The molecule has 2 N–H and O–H groups in total. The number of halogens is 1. The number of hydrogen-bond acceptors (Lipinski definition) is 3. The molecule has 0 saturated heterocycles. The van der Waals surface area contributed by atoms with Crippen LogP contribution < -0.4 is 10.6 Å². The highest BCUT2D eigenvalue weighted by Gasteiger charge is 2.16. The van der Waals surface area contributed by atoms with Gasteiger partial charge in [0.15, 0.2) is 0 Å². The van der Waals surface area contributed by atoms with Gasteiger partial charge in [0, 0.05) is 16.6 Å². The van der Waals surface area contributed by atoms with Gasteiger partial charge in [-0.05, 0) is 32.3 Å². The molecule has 1 amide bonds. The summed E-state index contributed by atoms with van der Waals surface area (Å²) in [6, 6.07) is 14.4. The summed E-state index contributed by atoms with van der Waals surface area (Å²) in [6.45, 7) is 4.32. The summed E-state index contributed by atoms with van der Waals surface area (Å²) in [4.78, 5) is 11.8. The van der Waals surface area contributed by atoms with Gasteiger partial charge in [-0.2, -0.15) is 5.10 Å². The minimum atomic E-state index is -0.0884. The Bertz CT molecular complexity index is 869. The van der Waals surface area contributed by atoms with Crippen molar-refractivity contribution in [2.24, 2.45) is 0 Å². The van der Waals surface area contributed by atoms with Gasteiger partial charge >= 0.3 is 0 Å². The van der Waals surface area contributed by atoms with Crippen LogP contribution >= 0.6 is 12.4 Å². The minimum absolute atomic E-state index is 0. The van der Waals surface area contributed by atoms with E-state index in [9.17, 15) is 4.79 Å². The molecule has 0 fully saturated rings. The molecule has 5 nitrogen and oxygen atoms in total. The van der Waals surface area contributed by atoms with Crippen LogP contribution in [-0.4, -0.2) is 29.3 Å². The summed E-state index contributed by atoms with van der Waals surface area (Å²) in [5.74, 6) is -0.0256. The molecule has 1 heterocycles. The molecule has 0 saturated carbocycles. The van der Waals surface area contributed by atoms with Crippen LogP contribution in [0.25, 0.3) is 16.5 Å². The van der Waals surface area contributed by atoms with E-state index in [4.69, 9.17) is 0 Å². The Hall–Kier alpha value is -2.37. The fraction of sp³-hybridized carbons (Fsp3) is 0.263. The number of carbonyl (C=O) groups excluding carboxylic acids is 1. The number of fused-ring (bicyclic) bond motifs is 1. The first kappa shape index (κ1) is 19.0. The van der Waals surface area contributed by atoms with Crippen molar-refractivity contribution in [3.63, 3.8) is 0 Å². The average molecular weight is 359 g/mol. The van der Waals surface area contributed by atoms with E-state index in [-0.39, 0.29) is 24.4 Å². The molecule has 1 aromatic heterocycles. The molecule has 0 bridgehead atoms. The van der Waals surface area contributed by atoms with E-state index in [2.05, 4.69) is 40.0 Å². The zero-order chi connectivity index (χ0) is 17.1. The van der Waals surface area contributed by atoms with Crippen molar-refractivity contribution in [3.8, 4) is 5.69 Å². The van der Waals surface area contributed by atoms with Crippen LogP contribution in [0.1, 0.15) is 24.2 Å². The highest BCUT2D eigenvalue weighted by Crippen LogP contribution is 2.25. The Balaban J connectivity index is 0.00000225. The Morgan fingerprint density at radius 1 is 1.20 bits per heavy atom. The number of carbonyl (C=O) groups is 1. The van der Waals surface area contributed by atoms with Crippen molar-refractivity contribution < 1.29 is 4.79 Å². The third-order valence-corrected chi connectivity index (χ3v) is 4.22. The maximum atomic E-state index is 11.8. The number of rotatable bonds is 5. The van der Waals surface area contributed by atoms with Crippen molar-refractivity contribution in [1.29, 1.82) is 0 Å². The second-order valence-corrected chi connectivity index (χ2v) is 5.91. The molecule has 1 unspecified atom stereocenters. The topological polar surface area (TPSA) is 59.0 Å². The lowest BCUT2D eigenvalue weighted by Gasteiger charge is -2.14. The highest BCUT2D eigenvalue weighted by atomic mass is 35.5. The first-order valence-electron chi connectivity index (χ1n) is 8.08. The van der Waals surface area contributed by atoms with Crippen LogP contribution in [0.15, 0.2) is 48.7 Å². The molecule has 132 valence electrons. The monoisotopic (exact) mass is 358 g/mol. The summed E-state index contributed by atoms with van der Waals surface area (Å²) in [5.41, 5.74) is 3.10. The summed E-state index contributed by atoms with van der Waals surface area (Å²) < 4.78 is 1.94. The van der Waals surface area contributed by atoms with E-state index in [1.165, 1.54) is 5.39 Å². The van der Waals surface area contributed by atoms with Crippen LogP contribution in [0, 0.1) is 6.92 Å². The van der Waals surface area contributed by atoms with Gasteiger partial charge in [-0.3, -0.25) is 4.79 Å². The average Bonchev–Trinajstić information content (AvgIpc) is 2.96. The zero-order valence-electron chi connectivity index (χ0n) is 14.6. The SMILES string of the molecule is CNCC(=O)NC(C)c1cnn(-c2cccc3ccccc23)c1C.Cl. The Kier molecular flexibility index (Phi) is 6.17. The van der Waals surface area contributed by atoms with Gasteiger partial charge in [-0.1, -0.05) is 36.4 Å². The number of aromatic nitrogens is 2. The smallest absolute Gasteiger partial charge is 0.234 e. The maximum Gasteiger partial charge on any atom is 0.234 e. The Morgan fingerprint density at radius 2 is 1.92 bits per heavy atom. The number of nitrogens with zero attached hydrogens (tertiary/aromatic N) is 2. The first-order chi connectivity index (χ1) is 11.6. The van der Waals surface area contributed by atoms with Gasteiger partial charge in [-0.25, -0.2) is 4.68 Å². The van der Waals surface area contributed by atoms with Crippen LogP contribution in [0.4, 0.5) is 0 Å². The standard InChI is InChI=1S/C19H22N4O.ClH/c1-13(22-19(24)12-20-3)17-11-21-23(14(17)2)18-10-6-8-15-7-4-5-9-16(15)18;/h4-11,13,20H,12H2,1-3H3,(H,22,24);1H. The second kappa shape index (κ2) is 8.14. The van der Waals surface area contributed by atoms with Gasteiger partial charge in [0.2, 0.25) is 5.91 Å². The zero-order valence-corrected chi connectivity index (χ0v) is 15.4. The number of likely N-dealkylation sites (N-methyl/N-ethyl adjacent to an activating group) is 1. The van der Waals surface area contributed by atoms with Crippen LogP contribution in [0.2, 0.25) is 0 Å². The van der Waals surface area contributed by atoms with Gasteiger partial charge in [0.1, 0.15) is 0 Å². The van der Waals surface area contributed by atoms with Gasteiger partial charge in [0.05, 0.1) is 24.5 Å². The lowest BCUT2D eigenvalue weighted by molar-refractivity contribution is -0.120. The molecule has 0 aliphatic heterocycles. The maximum absolute atomic E-state index is 11.8. The van der Waals surface area contributed by atoms with Crippen molar-refractivity contribution in [2.75, 3.05) is 13.6 Å². The Morgan fingerprint density at radius 3 is 2.68 bits per heavy atom. The molecule has 6 heteroatoms. The number of nitrogens with one attached hydrogen (secondary N) is 2. The number of benzene rings is 2. The normalized spacial score (nSPS) is 11.8. The molecule has 0 aliphatic rings. The van der Waals surface area contributed by atoms with Crippen molar-refractivity contribution in [2.45, 2.75) is 19.9 Å². The number of amides is 1. The van der Waals surface area contributed by atoms with Crippen molar-refractivity contribution in [1.82, 2.24) is 20.4 Å². The molecule has 1 atom stereocenters. The molecular weight excluding hydrogens is 336 g/mol. The van der Waals surface area contributed by atoms with Gasteiger partial charge < -0.3 is 10.6 Å². The molecule has 0 aliphatic carbocycles. The Labute approximate surface area is 153 Å². The second-order valence-electron chi connectivity index (χ2n) is 5.91. The molecule has 0 spiro atoms. The highest BCUT2D eigenvalue weighted by molar-refractivity contribution is 5.90. The lowest BCUT2D eigenvalue weighted by Crippen LogP contribution is -2.34. The third kappa shape index (κ3) is 3.83. The molecule has 0 radical (unpaired) electrons. The molecular formula is C19H23ClN4O. The molecule has 25 heavy (non-hydrogen) atoms. The van der Waals surface area contributed by atoms with Gasteiger partial charge in [0.25, 0.3) is 0 Å². The summed E-state index contributed by atoms with van der Waals surface area (Å²) >= 11 is 0. The molecule has 3 rings (SSSR count). The van der Waals surface area contributed by atoms with Crippen LogP contribution in [-0.2, 0) is 4.79 Å². The molecule has 3 aromatic rings. The van der Waals surface area contributed by atoms with Crippen LogP contribution in [0.5, 0.6) is 0 Å². The van der Waals surface area contributed by atoms with Crippen molar-refractivity contribution >= 4 is 29.1 Å². The van der Waals surface area contributed by atoms with E-state index in [1.54, 1.807) is 7.05 Å². The van der Waals surface area contributed by atoms with Gasteiger partial charge in [-0.15, -0.1) is 12.4 Å². The fourth-order valence-corrected chi connectivity index (χ4v) is 3.01. The van der Waals surface area contributed by atoms with E-state index < -0.39 is 0 Å². The third-order valence-electron chi connectivity index (χ3n) is 4.22.